The van der Waals surface area contributed by atoms with E-state index in [0.29, 0.717) is 28.9 Å². The molecule has 0 saturated heterocycles. The quantitative estimate of drug-likeness (QED) is 0.393. The van der Waals surface area contributed by atoms with E-state index in [4.69, 9.17) is 16.1 Å². The van der Waals surface area contributed by atoms with Crippen molar-refractivity contribution in [2.24, 2.45) is 0 Å². The summed E-state index contributed by atoms with van der Waals surface area (Å²) >= 11 is 6.05. The van der Waals surface area contributed by atoms with Gasteiger partial charge in [0, 0.05) is 10.6 Å². The van der Waals surface area contributed by atoms with Crippen LogP contribution in [0.4, 0.5) is 0 Å². The normalized spacial score (nSPS) is 11.3. The monoisotopic (exact) mass is 447 g/mol. The van der Waals surface area contributed by atoms with E-state index in [1.165, 1.54) is 16.5 Å². The summed E-state index contributed by atoms with van der Waals surface area (Å²) in [5, 5.41) is 12.8. The SMILES string of the molecule is CCc1ccc(-c2noc(Cn3cnc4c(nnn4Cc4cccc(Cl)c4)c3=O)n2)cc1. The van der Waals surface area contributed by atoms with Crippen LogP contribution in [-0.2, 0) is 19.5 Å². The molecule has 3 aromatic heterocycles. The Hall–Kier alpha value is -3.85. The van der Waals surface area contributed by atoms with Crippen molar-refractivity contribution in [3.63, 3.8) is 0 Å². The maximum absolute atomic E-state index is 12.9. The first-order valence-corrected chi connectivity index (χ1v) is 10.4. The Kier molecular flexibility index (Phi) is 5.24. The molecule has 10 heteroatoms. The van der Waals surface area contributed by atoms with Gasteiger partial charge in [0.1, 0.15) is 12.9 Å². The third kappa shape index (κ3) is 3.90. The van der Waals surface area contributed by atoms with Crippen molar-refractivity contribution in [1.82, 2.24) is 34.7 Å². The fourth-order valence-corrected chi connectivity index (χ4v) is 3.60. The van der Waals surface area contributed by atoms with Crippen molar-refractivity contribution in [2.75, 3.05) is 0 Å². The third-order valence-electron chi connectivity index (χ3n) is 5.11. The van der Waals surface area contributed by atoms with Gasteiger partial charge in [-0.15, -0.1) is 5.10 Å². The van der Waals surface area contributed by atoms with E-state index < -0.39 is 0 Å². The van der Waals surface area contributed by atoms with Crippen LogP contribution in [0.2, 0.25) is 5.02 Å². The zero-order valence-corrected chi connectivity index (χ0v) is 17.9. The van der Waals surface area contributed by atoms with Crippen LogP contribution < -0.4 is 5.56 Å². The summed E-state index contributed by atoms with van der Waals surface area (Å²) in [5.41, 5.74) is 3.24. The topological polar surface area (TPSA) is 105 Å². The Bertz CT molecular complexity index is 1450. The van der Waals surface area contributed by atoms with Gasteiger partial charge in [0.15, 0.2) is 11.2 Å². The van der Waals surface area contributed by atoms with Crippen LogP contribution >= 0.6 is 11.6 Å². The Morgan fingerprint density at radius 3 is 2.69 bits per heavy atom. The van der Waals surface area contributed by atoms with Crippen molar-refractivity contribution in [3.8, 4) is 11.4 Å². The second-order valence-corrected chi connectivity index (χ2v) is 7.73. The molecule has 2 aromatic carbocycles. The molecular weight excluding hydrogens is 430 g/mol. The van der Waals surface area contributed by atoms with Crippen molar-refractivity contribution in [3.05, 3.63) is 87.3 Å². The summed E-state index contributed by atoms with van der Waals surface area (Å²) in [7, 11) is 0. The lowest BCUT2D eigenvalue weighted by Crippen LogP contribution is -2.21. The number of hydrogen-bond donors (Lipinski definition) is 0. The molecule has 0 aliphatic rings. The largest absolute Gasteiger partial charge is 0.337 e. The highest BCUT2D eigenvalue weighted by atomic mass is 35.5. The average molecular weight is 448 g/mol. The van der Waals surface area contributed by atoms with Gasteiger partial charge < -0.3 is 4.52 Å². The second kappa shape index (κ2) is 8.35. The molecular formula is C22H18ClN7O2. The molecule has 0 unspecified atom stereocenters. The van der Waals surface area contributed by atoms with Gasteiger partial charge in [-0.25, -0.2) is 9.67 Å². The molecule has 0 atom stereocenters. The minimum Gasteiger partial charge on any atom is -0.337 e. The summed E-state index contributed by atoms with van der Waals surface area (Å²) in [6.07, 6.45) is 2.39. The van der Waals surface area contributed by atoms with Crippen LogP contribution in [0.15, 0.2) is 64.2 Å². The summed E-state index contributed by atoms with van der Waals surface area (Å²) in [5.74, 6) is 0.770. The number of aryl methyl sites for hydroxylation is 1. The van der Waals surface area contributed by atoms with Crippen molar-refractivity contribution in [1.29, 1.82) is 0 Å². The first-order valence-electron chi connectivity index (χ1n) is 10.1. The number of fused-ring (bicyclic) bond motifs is 1. The lowest BCUT2D eigenvalue weighted by molar-refractivity contribution is 0.369. The van der Waals surface area contributed by atoms with Crippen LogP contribution in [-0.4, -0.2) is 34.7 Å². The van der Waals surface area contributed by atoms with Gasteiger partial charge in [-0.2, -0.15) is 4.98 Å². The van der Waals surface area contributed by atoms with E-state index >= 15 is 0 Å². The number of nitrogens with zero attached hydrogens (tertiary/aromatic N) is 7. The highest BCUT2D eigenvalue weighted by Crippen LogP contribution is 2.17. The number of aromatic nitrogens is 7. The van der Waals surface area contributed by atoms with Gasteiger partial charge in [0.25, 0.3) is 5.56 Å². The molecule has 3 heterocycles. The highest BCUT2D eigenvalue weighted by molar-refractivity contribution is 6.30. The van der Waals surface area contributed by atoms with E-state index in [2.05, 4.69) is 32.4 Å². The molecule has 32 heavy (non-hydrogen) atoms. The molecule has 0 aliphatic carbocycles. The Morgan fingerprint density at radius 1 is 1.06 bits per heavy atom. The standard InChI is InChI=1S/C22H18ClN7O2/c1-2-14-6-8-16(9-7-14)20-25-18(32-27-20)12-29-13-24-21-19(22(29)31)26-28-30(21)11-15-4-3-5-17(23)10-15/h3-10,13H,2,11-12H2,1H3. The first kappa shape index (κ1) is 20.1. The Balaban J connectivity index is 1.39. The molecule has 0 amide bonds. The third-order valence-corrected chi connectivity index (χ3v) is 5.34. The van der Waals surface area contributed by atoms with Crippen molar-refractivity contribution < 1.29 is 4.52 Å². The van der Waals surface area contributed by atoms with Crippen LogP contribution in [0, 0.1) is 0 Å². The number of hydrogen-bond acceptors (Lipinski definition) is 7. The number of rotatable bonds is 6. The predicted molar refractivity (Wildman–Crippen MR) is 118 cm³/mol. The molecule has 5 aromatic rings. The maximum atomic E-state index is 12.9. The molecule has 5 rings (SSSR count). The second-order valence-electron chi connectivity index (χ2n) is 7.29. The van der Waals surface area contributed by atoms with Gasteiger partial charge >= 0.3 is 0 Å². The minimum atomic E-state index is -0.334. The van der Waals surface area contributed by atoms with Gasteiger partial charge in [0.2, 0.25) is 11.7 Å². The van der Waals surface area contributed by atoms with E-state index in [-0.39, 0.29) is 17.6 Å². The van der Waals surface area contributed by atoms with E-state index in [9.17, 15) is 4.79 Å². The lowest BCUT2D eigenvalue weighted by Gasteiger charge is -2.04. The maximum Gasteiger partial charge on any atom is 0.283 e. The van der Waals surface area contributed by atoms with E-state index in [0.717, 1.165) is 17.5 Å². The smallest absolute Gasteiger partial charge is 0.283 e. The van der Waals surface area contributed by atoms with Crippen LogP contribution in [0.25, 0.3) is 22.6 Å². The molecule has 9 nitrogen and oxygen atoms in total. The summed E-state index contributed by atoms with van der Waals surface area (Å²) in [6, 6.07) is 15.4. The van der Waals surface area contributed by atoms with Gasteiger partial charge in [-0.05, 0) is 29.7 Å². The van der Waals surface area contributed by atoms with Gasteiger partial charge in [-0.1, -0.05) is 65.3 Å². The van der Waals surface area contributed by atoms with Crippen LogP contribution in [0.3, 0.4) is 0 Å². The number of benzene rings is 2. The fraction of sp³-hybridized carbons (Fsp3) is 0.182. The molecule has 0 spiro atoms. The van der Waals surface area contributed by atoms with Gasteiger partial charge in [0.05, 0.1) is 6.54 Å². The molecule has 0 bridgehead atoms. The zero-order valence-electron chi connectivity index (χ0n) is 17.1. The molecule has 160 valence electrons. The first-order chi connectivity index (χ1) is 15.6. The lowest BCUT2D eigenvalue weighted by atomic mass is 10.1. The molecule has 0 aliphatic heterocycles. The van der Waals surface area contributed by atoms with Gasteiger partial charge in [-0.3, -0.25) is 9.36 Å². The van der Waals surface area contributed by atoms with E-state index in [1.807, 2.05) is 42.5 Å². The minimum absolute atomic E-state index is 0.0863. The molecule has 0 N–H and O–H groups in total. The molecule has 0 fully saturated rings. The van der Waals surface area contributed by atoms with Crippen molar-refractivity contribution >= 4 is 22.8 Å². The average Bonchev–Trinajstić information content (AvgIpc) is 3.44. The Morgan fingerprint density at radius 2 is 1.91 bits per heavy atom. The molecule has 0 saturated carbocycles. The van der Waals surface area contributed by atoms with Crippen LogP contribution in [0.5, 0.6) is 0 Å². The highest BCUT2D eigenvalue weighted by Gasteiger charge is 2.15. The van der Waals surface area contributed by atoms with Crippen molar-refractivity contribution in [2.45, 2.75) is 26.4 Å². The fourth-order valence-electron chi connectivity index (χ4n) is 3.39. The molecule has 0 radical (unpaired) electrons. The number of halogens is 1. The zero-order chi connectivity index (χ0) is 22.1. The van der Waals surface area contributed by atoms with Crippen LogP contribution in [0.1, 0.15) is 23.9 Å². The summed E-state index contributed by atoms with van der Waals surface area (Å²) < 4.78 is 8.28. The summed E-state index contributed by atoms with van der Waals surface area (Å²) in [6.45, 7) is 2.58. The summed E-state index contributed by atoms with van der Waals surface area (Å²) in [4.78, 5) is 21.7. The Labute approximate surface area is 187 Å². The van der Waals surface area contributed by atoms with E-state index in [1.54, 1.807) is 10.7 Å². The predicted octanol–water partition coefficient (Wildman–Crippen LogP) is 3.35.